The van der Waals surface area contributed by atoms with Crippen molar-refractivity contribution in [2.45, 2.75) is 6.29 Å². The number of amidine groups is 1. The van der Waals surface area contributed by atoms with Gasteiger partial charge in [0.2, 0.25) is 0 Å². The van der Waals surface area contributed by atoms with E-state index in [-0.39, 0.29) is 11.5 Å². The molecule has 0 aromatic heterocycles. The zero-order chi connectivity index (χ0) is 7.72. The molecule has 0 saturated carbocycles. The van der Waals surface area contributed by atoms with E-state index in [2.05, 4.69) is 5.32 Å². The highest BCUT2D eigenvalue weighted by molar-refractivity contribution is 5.94. The standard InChI is InChI=1S/C4H9N5O/c5-2-1-8-4(7)9(10)3(2)6/h1,4,6,8,10H,5,7H2. The minimum atomic E-state index is -0.778. The first-order valence-electron chi connectivity index (χ1n) is 2.67. The minimum absolute atomic E-state index is 0.157. The van der Waals surface area contributed by atoms with Gasteiger partial charge in [-0.25, -0.2) is 5.06 Å². The monoisotopic (exact) mass is 143 g/mol. The lowest BCUT2D eigenvalue weighted by molar-refractivity contribution is -0.0619. The Labute approximate surface area is 57.6 Å². The predicted molar refractivity (Wildman–Crippen MR) is 34.7 cm³/mol. The first-order chi connectivity index (χ1) is 4.63. The van der Waals surface area contributed by atoms with Gasteiger partial charge in [-0.2, -0.15) is 0 Å². The largest absolute Gasteiger partial charge is 0.395 e. The summed E-state index contributed by atoms with van der Waals surface area (Å²) in [4.78, 5) is 0. The van der Waals surface area contributed by atoms with Crippen LogP contribution < -0.4 is 16.8 Å². The number of hydrogen-bond acceptors (Lipinski definition) is 5. The fourth-order valence-electron chi connectivity index (χ4n) is 0.585. The summed E-state index contributed by atoms with van der Waals surface area (Å²) in [6, 6.07) is 0. The SMILES string of the molecule is N=C1C(N)=CNC(N)N1O. The summed E-state index contributed by atoms with van der Waals surface area (Å²) >= 11 is 0. The molecule has 0 fully saturated rings. The molecule has 6 heteroatoms. The van der Waals surface area contributed by atoms with Crippen LogP contribution in [-0.4, -0.2) is 22.4 Å². The molecule has 1 rings (SSSR count). The van der Waals surface area contributed by atoms with E-state index in [1.807, 2.05) is 0 Å². The highest BCUT2D eigenvalue weighted by atomic mass is 16.5. The molecule has 0 spiro atoms. The van der Waals surface area contributed by atoms with Gasteiger partial charge in [0, 0.05) is 6.20 Å². The number of rotatable bonds is 0. The topological polar surface area (TPSA) is 111 Å². The molecule has 1 aliphatic rings. The summed E-state index contributed by atoms with van der Waals surface area (Å²) in [5.74, 6) is -0.189. The maximum absolute atomic E-state index is 8.92. The third-order valence-electron chi connectivity index (χ3n) is 1.18. The first-order valence-corrected chi connectivity index (χ1v) is 2.67. The van der Waals surface area contributed by atoms with Crippen LogP contribution in [0, 0.1) is 5.41 Å². The summed E-state index contributed by atoms with van der Waals surface area (Å²) in [5, 5.41) is 19.1. The molecular formula is C4H9N5O. The number of nitrogens with one attached hydrogen (secondary N) is 2. The molecule has 0 aliphatic carbocycles. The van der Waals surface area contributed by atoms with Crippen LogP contribution in [0.25, 0.3) is 0 Å². The van der Waals surface area contributed by atoms with Gasteiger partial charge in [-0.1, -0.05) is 0 Å². The summed E-state index contributed by atoms with van der Waals surface area (Å²) in [7, 11) is 0. The van der Waals surface area contributed by atoms with E-state index in [0.29, 0.717) is 5.06 Å². The summed E-state index contributed by atoms with van der Waals surface area (Å²) in [6.07, 6.45) is 0.597. The second-order valence-electron chi connectivity index (χ2n) is 1.90. The van der Waals surface area contributed by atoms with Crippen molar-refractivity contribution in [2.75, 3.05) is 0 Å². The van der Waals surface area contributed by atoms with Crippen LogP contribution in [0.5, 0.6) is 0 Å². The van der Waals surface area contributed by atoms with Crippen LogP contribution >= 0.6 is 0 Å². The molecule has 56 valence electrons. The van der Waals surface area contributed by atoms with E-state index in [9.17, 15) is 0 Å². The lowest BCUT2D eigenvalue weighted by Gasteiger charge is -2.28. The molecule has 1 atom stereocenters. The molecule has 0 bridgehead atoms. The molecule has 6 nitrogen and oxygen atoms in total. The van der Waals surface area contributed by atoms with Crippen LogP contribution in [0.1, 0.15) is 0 Å². The van der Waals surface area contributed by atoms with E-state index >= 15 is 0 Å². The van der Waals surface area contributed by atoms with Gasteiger partial charge in [-0.3, -0.25) is 16.4 Å². The highest BCUT2D eigenvalue weighted by Crippen LogP contribution is 1.99. The molecule has 1 heterocycles. The van der Waals surface area contributed by atoms with E-state index in [1.54, 1.807) is 0 Å². The molecule has 0 aromatic carbocycles. The molecule has 7 N–H and O–H groups in total. The number of hydroxylamine groups is 2. The Morgan fingerprint density at radius 1 is 1.80 bits per heavy atom. The van der Waals surface area contributed by atoms with Crippen molar-refractivity contribution >= 4 is 5.84 Å². The van der Waals surface area contributed by atoms with Gasteiger partial charge in [0.15, 0.2) is 12.1 Å². The van der Waals surface area contributed by atoms with Gasteiger partial charge in [0.25, 0.3) is 0 Å². The van der Waals surface area contributed by atoms with Crippen molar-refractivity contribution < 1.29 is 5.21 Å². The second kappa shape index (κ2) is 2.16. The summed E-state index contributed by atoms with van der Waals surface area (Å²) < 4.78 is 0. The minimum Gasteiger partial charge on any atom is -0.395 e. The van der Waals surface area contributed by atoms with Crippen molar-refractivity contribution in [3.05, 3.63) is 11.9 Å². The van der Waals surface area contributed by atoms with Gasteiger partial charge in [0.05, 0.1) is 5.70 Å². The Balaban J connectivity index is 2.81. The van der Waals surface area contributed by atoms with Crippen LogP contribution in [0.4, 0.5) is 0 Å². The zero-order valence-corrected chi connectivity index (χ0v) is 5.20. The molecule has 0 amide bonds. The van der Waals surface area contributed by atoms with Crippen LogP contribution in [0.3, 0.4) is 0 Å². The Kier molecular flexibility index (Phi) is 1.48. The van der Waals surface area contributed by atoms with Gasteiger partial charge in [-0.15, -0.1) is 0 Å². The van der Waals surface area contributed by atoms with Crippen LogP contribution in [0.2, 0.25) is 0 Å². The average molecular weight is 143 g/mol. The molecule has 0 radical (unpaired) electrons. The van der Waals surface area contributed by atoms with Gasteiger partial charge in [-0.05, 0) is 0 Å². The summed E-state index contributed by atoms with van der Waals surface area (Å²) in [5.41, 5.74) is 10.7. The maximum atomic E-state index is 8.92. The van der Waals surface area contributed by atoms with E-state index in [4.69, 9.17) is 22.1 Å². The Bertz CT molecular complexity index is 188. The third kappa shape index (κ3) is 0.893. The molecule has 0 aromatic rings. The fourth-order valence-corrected chi connectivity index (χ4v) is 0.585. The number of nitrogens with two attached hydrogens (primary N) is 2. The molecule has 1 unspecified atom stereocenters. The van der Waals surface area contributed by atoms with Gasteiger partial charge < -0.3 is 11.1 Å². The Morgan fingerprint density at radius 2 is 2.40 bits per heavy atom. The molecule has 0 saturated heterocycles. The van der Waals surface area contributed by atoms with Crippen molar-refractivity contribution in [1.29, 1.82) is 5.41 Å². The van der Waals surface area contributed by atoms with Crippen LogP contribution in [-0.2, 0) is 0 Å². The maximum Gasteiger partial charge on any atom is 0.178 e. The van der Waals surface area contributed by atoms with Gasteiger partial charge in [0.1, 0.15) is 0 Å². The van der Waals surface area contributed by atoms with Crippen LogP contribution in [0.15, 0.2) is 11.9 Å². The number of hydrogen-bond donors (Lipinski definition) is 5. The predicted octanol–water partition coefficient (Wildman–Crippen LogP) is -1.70. The van der Waals surface area contributed by atoms with Crippen molar-refractivity contribution in [3.63, 3.8) is 0 Å². The smallest absolute Gasteiger partial charge is 0.178 e. The van der Waals surface area contributed by atoms with Gasteiger partial charge >= 0.3 is 0 Å². The molecule has 1 aliphatic heterocycles. The van der Waals surface area contributed by atoms with Crippen molar-refractivity contribution in [3.8, 4) is 0 Å². The summed E-state index contributed by atoms with van der Waals surface area (Å²) in [6.45, 7) is 0. The Morgan fingerprint density at radius 3 is 2.90 bits per heavy atom. The quantitative estimate of drug-likeness (QED) is 0.277. The fraction of sp³-hybridized carbons (Fsp3) is 0.250. The van der Waals surface area contributed by atoms with Crippen molar-refractivity contribution in [1.82, 2.24) is 10.4 Å². The molecular weight excluding hydrogens is 134 g/mol. The lowest BCUT2D eigenvalue weighted by atomic mass is 10.4. The van der Waals surface area contributed by atoms with E-state index in [1.165, 1.54) is 6.20 Å². The number of nitrogens with zero attached hydrogens (tertiary/aromatic N) is 1. The van der Waals surface area contributed by atoms with Crippen molar-refractivity contribution in [2.24, 2.45) is 11.5 Å². The first kappa shape index (κ1) is 6.84. The second-order valence-corrected chi connectivity index (χ2v) is 1.90. The normalized spacial score (nSPS) is 25.8. The van der Waals surface area contributed by atoms with E-state index in [0.717, 1.165) is 0 Å². The zero-order valence-electron chi connectivity index (χ0n) is 5.20. The Hall–Kier alpha value is -1.27. The average Bonchev–Trinajstić information content (AvgIpc) is 1.93. The lowest BCUT2D eigenvalue weighted by Crippen LogP contribution is -2.55. The highest BCUT2D eigenvalue weighted by Gasteiger charge is 2.20. The molecule has 10 heavy (non-hydrogen) atoms. The third-order valence-corrected chi connectivity index (χ3v) is 1.18. The van der Waals surface area contributed by atoms with E-state index < -0.39 is 6.29 Å².